The van der Waals surface area contributed by atoms with Gasteiger partial charge >= 0.3 is 0 Å². The van der Waals surface area contributed by atoms with Crippen molar-refractivity contribution in [2.45, 2.75) is 0 Å². The predicted octanol–water partition coefficient (Wildman–Crippen LogP) is 5.63. The number of Topliss-reactive ketones (excluding diaryl/α,β-unsaturated/α-hetero) is 1. The first-order valence-electron chi connectivity index (χ1n) is 6.71. The summed E-state index contributed by atoms with van der Waals surface area (Å²) in [6.07, 6.45) is 0. The van der Waals surface area contributed by atoms with Crippen LogP contribution in [-0.4, -0.2) is 20.7 Å². The van der Waals surface area contributed by atoms with E-state index in [2.05, 4.69) is 4.99 Å². The molecule has 0 saturated carbocycles. The molecule has 0 amide bonds. The van der Waals surface area contributed by atoms with Crippen LogP contribution in [0.15, 0.2) is 35.3 Å². The molecule has 0 spiro atoms. The highest BCUT2D eigenvalue weighted by atomic mass is 35.5. The molecule has 3 aromatic rings. The Balaban J connectivity index is 2.04. The number of carbonyl (C=O) groups excluding carboxylic acids is 1. The number of rotatable bonds is 1. The van der Waals surface area contributed by atoms with Gasteiger partial charge in [-0.2, -0.15) is 0 Å². The molecule has 2 heterocycles. The van der Waals surface area contributed by atoms with Crippen molar-refractivity contribution in [3.63, 3.8) is 0 Å². The van der Waals surface area contributed by atoms with Gasteiger partial charge in [0.05, 0.1) is 31.7 Å². The van der Waals surface area contributed by atoms with Crippen LogP contribution >= 0.6 is 46.6 Å². The molecular formula is C16H6Cl4N2O2. The number of benzene rings is 2. The Hall–Kier alpha value is -1.72. The molecule has 0 radical (unpaired) electrons. The molecular weight excluding hydrogens is 394 g/mol. The molecule has 1 aliphatic rings. The molecule has 8 heteroatoms. The zero-order valence-corrected chi connectivity index (χ0v) is 14.7. The maximum absolute atomic E-state index is 12.6. The van der Waals surface area contributed by atoms with Crippen LogP contribution in [0.25, 0.3) is 10.9 Å². The van der Waals surface area contributed by atoms with Crippen molar-refractivity contribution < 1.29 is 9.90 Å². The smallest absolute Gasteiger partial charge is 0.215 e. The van der Waals surface area contributed by atoms with Gasteiger partial charge in [-0.3, -0.25) is 4.79 Å². The summed E-state index contributed by atoms with van der Waals surface area (Å²) >= 11 is 24.5. The Morgan fingerprint density at radius 2 is 1.79 bits per heavy atom. The SMILES string of the molecule is O=C1C(c2c(O)c3c(Cl)c(Cl)c(Cl)cc3n2Cl)=Nc2ccccc21. The van der Waals surface area contributed by atoms with Gasteiger partial charge < -0.3 is 5.11 Å². The van der Waals surface area contributed by atoms with Crippen molar-refractivity contribution in [1.82, 2.24) is 4.09 Å². The Kier molecular flexibility index (Phi) is 3.55. The van der Waals surface area contributed by atoms with Crippen LogP contribution in [0, 0.1) is 0 Å². The van der Waals surface area contributed by atoms with E-state index in [1.54, 1.807) is 24.3 Å². The number of halogens is 4. The highest BCUT2D eigenvalue weighted by Gasteiger charge is 2.32. The van der Waals surface area contributed by atoms with Gasteiger partial charge in [0.15, 0.2) is 5.75 Å². The lowest BCUT2D eigenvalue weighted by Crippen LogP contribution is -2.13. The zero-order valence-electron chi connectivity index (χ0n) is 11.6. The van der Waals surface area contributed by atoms with Crippen molar-refractivity contribution in [3.05, 3.63) is 56.7 Å². The summed E-state index contributed by atoms with van der Waals surface area (Å²) in [5, 5.41) is 11.1. The second-order valence-electron chi connectivity index (χ2n) is 5.17. The molecule has 0 saturated heterocycles. The van der Waals surface area contributed by atoms with E-state index in [9.17, 15) is 9.90 Å². The summed E-state index contributed by atoms with van der Waals surface area (Å²) in [6, 6.07) is 8.34. The van der Waals surface area contributed by atoms with E-state index in [1.807, 2.05) is 0 Å². The van der Waals surface area contributed by atoms with Gasteiger partial charge in [-0.25, -0.2) is 9.08 Å². The van der Waals surface area contributed by atoms with Crippen LogP contribution < -0.4 is 0 Å². The molecule has 0 aliphatic carbocycles. The molecule has 1 aromatic heterocycles. The molecule has 0 atom stereocenters. The average Bonchev–Trinajstić information content (AvgIpc) is 3.01. The standard InChI is InChI=1S/C16H6Cl4N2O2/c17-7-5-9-10(12(19)11(7)18)16(24)14(22(9)20)13-15(23)6-3-1-2-4-8(6)21-13/h1-5,24H. The van der Waals surface area contributed by atoms with E-state index in [-0.39, 0.29) is 43.4 Å². The van der Waals surface area contributed by atoms with E-state index in [4.69, 9.17) is 46.6 Å². The monoisotopic (exact) mass is 398 g/mol. The summed E-state index contributed by atoms with van der Waals surface area (Å²) in [5.74, 6) is -0.609. The number of ketones is 1. The number of fused-ring (bicyclic) bond motifs is 2. The second kappa shape index (κ2) is 5.39. The molecule has 1 aliphatic heterocycles. The molecule has 1 N–H and O–H groups in total. The predicted molar refractivity (Wildman–Crippen MR) is 96.9 cm³/mol. The van der Waals surface area contributed by atoms with Gasteiger partial charge in [-0.15, -0.1) is 0 Å². The van der Waals surface area contributed by atoms with Crippen LogP contribution in [0.3, 0.4) is 0 Å². The van der Waals surface area contributed by atoms with Crippen LogP contribution in [0.2, 0.25) is 15.1 Å². The van der Waals surface area contributed by atoms with E-state index in [1.165, 1.54) is 6.07 Å². The van der Waals surface area contributed by atoms with E-state index in [0.717, 1.165) is 4.09 Å². The van der Waals surface area contributed by atoms with Crippen LogP contribution in [0.1, 0.15) is 16.1 Å². The molecule has 0 fully saturated rings. The molecule has 24 heavy (non-hydrogen) atoms. The van der Waals surface area contributed by atoms with E-state index in [0.29, 0.717) is 16.8 Å². The Labute approximate surface area is 155 Å². The quantitative estimate of drug-likeness (QED) is 0.539. The molecule has 0 bridgehead atoms. The lowest BCUT2D eigenvalue weighted by molar-refractivity contribution is 0.106. The fraction of sp³-hybridized carbons (Fsp3) is 0. The minimum atomic E-state index is -0.334. The van der Waals surface area contributed by atoms with Crippen molar-refractivity contribution in [2.24, 2.45) is 4.99 Å². The fourth-order valence-electron chi connectivity index (χ4n) is 2.72. The summed E-state index contributed by atoms with van der Waals surface area (Å²) in [6.45, 7) is 0. The number of hydrogen-bond acceptors (Lipinski definition) is 3. The van der Waals surface area contributed by atoms with Crippen molar-refractivity contribution in [3.8, 4) is 5.75 Å². The Bertz CT molecular complexity index is 1090. The third-order valence-corrected chi connectivity index (χ3v) is 5.44. The number of para-hydroxylation sites is 1. The molecule has 0 unspecified atom stereocenters. The lowest BCUT2D eigenvalue weighted by atomic mass is 10.1. The first kappa shape index (κ1) is 15.8. The minimum Gasteiger partial charge on any atom is -0.505 e. The number of aromatic hydroxyl groups is 1. The number of hydrogen-bond donors (Lipinski definition) is 1. The number of nitrogens with zero attached hydrogens (tertiary/aromatic N) is 2. The molecule has 120 valence electrons. The number of aromatic nitrogens is 1. The molecule has 4 nitrogen and oxygen atoms in total. The van der Waals surface area contributed by atoms with Gasteiger partial charge in [0, 0.05) is 17.3 Å². The third-order valence-electron chi connectivity index (χ3n) is 3.83. The van der Waals surface area contributed by atoms with Gasteiger partial charge in [-0.05, 0) is 18.2 Å². The largest absolute Gasteiger partial charge is 0.505 e. The molecule has 2 aromatic carbocycles. The number of aliphatic imine (C=N–C) groups is 1. The van der Waals surface area contributed by atoms with Crippen LogP contribution in [0.4, 0.5) is 5.69 Å². The number of carbonyl (C=O) groups is 1. The summed E-state index contributed by atoms with van der Waals surface area (Å²) in [4.78, 5) is 16.9. The topological polar surface area (TPSA) is 54.6 Å². The summed E-state index contributed by atoms with van der Waals surface area (Å²) < 4.78 is 1.11. The maximum atomic E-state index is 12.6. The normalized spacial score (nSPS) is 13.5. The minimum absolute atomic E-state index is 0.0308. The zero-order chi connectivity index (χ0) is 17.2. The second-order valence-corrected chi connectivity index (χ2v) is 6.67. The highest BCUT2D eigenvalue weighted by molar-refractivity contribution is 6.57. The van der Waals surface area contributed by atoms with Crippen LogP contribution in [0.5, 0.6) is 5.75 Å². The highest BCUT2D eigenvalue weighted by Crippen LogP contribution is 2.45. The van der Waals surface area contributed by atoms with Crippen LogP contribution in [-0.2, 0) is 0 Å². The van der Waals surface area contributed by atoms with E-state index >= 15 is 0 Å². The van der Waals surface area contributed by atoms with Crippen molar-refractivity contribution in [1.29, 1.82) is 0 Å². The average molecular weight is 400 g/mol. The van der Waals surface area contributed by atoms with Gasteiger partial charge in [0.2, 0.25) is 5.78 Å². The third kappa shape index (κ3) is 2.01. The van der Waals surface area contributed by atoms with E-state index < -0.39 is 0 Å². The van der Waals surface area contributed by atoms with Crippen molar-refractivity contribution >= 4 is 74.7 Å². The maximum Gasteiger partial charge on any atom is 0.215 e. The first-order chi connectivity index (χ1) is 11.4. The van der Waals surface area contributed by atoms with Gasteiger partial charge in [-0.1, -0.05) is 46.9 Å². The summed E-state index contributed by atoms with van der Waals surface area (Å²) in [7, 11) is 0. The Morgan fingerprint density at radius 3 is 2.50 bits per heavy atom. The Morgan fingerprint density at radius 1 is 1.08 bits per heavy atom. The van der Waals surface area contributed by atoms with Gasteiger partial charge in [0.25, 0.3) is 0 Å². The fourth-order valence-corrected chi connectivity index (χ4v) is 3.70. The summed E-state index contributed by atoms with van der Waals surface area (Å²) in [5.41, 5.74) is 1.36. The van der Waals surface area contributed by atoms with Gasteiger partial charge in [0.1, 0.15) is 11.4 Å². The van der Waals surface area contributed by atoms with Crippen molar-refractivity contribution in [2.75, 3.05) is 0 Å². The first-order valence-corrected chi connectivity index (χ1v) is 8.18. The molecule has 4 rings (SSSR count). The lowest BCUT2D eigenvalue weighted by Gasteiger charge is -2.01.